The van der Waals surface area contributed by atoms with Crippen molar-refractivity contribution >= 4 is 5.97 Å². The Kier molecular flexibility index (Phi) is 8.48. The minimum Gasteiger partial charge on any atom is -0.466 e. The molecular weight excluding hydrogens is 210 g/mol. The highest BCUT2D eigenvalue weighted by Crippen LogP contribution is 2.23. The van der Waals surface area contributed by atoms with E-state index in [0.29, 0.717) is 12.5 Å². The van der Waals surface area contributed by atoms with Gasteiger partial charge in [0.15, 0.2) is 0 Å². The van der Waals surface area contributed by atoms with Crippen LogP contribution in [0.25, 0.3) is 0 Å². The predicted octanol–water partition coefficient (Wildman–Crippen LogP) is 2.41. The summed E-state index contributed by atoms with van der Waals surface area (Å²) in [5.41, 5.74) is 0. The zero-order chi connectivity index (χ0) is 12.4. The number of carbonyl (C=O) groups excluding carboxylic acids is 1. The average Bonchev–Trinajstić information content (AvgIpc) is 2.18. The van der Waals surface area contributed by atoms with Crippen molar-refractivity contribution < 1.29 is 14.5 Å². The van der Waals surface area contributed by atoms with Crippen LogP contribution in [-0.2, 0) is 9.53 Å². The molecule has 5 nitrogen and oxygen atoms in total. The molecule has 1 saturated carbocycles. The molecule has 0 radical (unpaired) electrons. The number of hydrogen-bond acceptors (Lipinski definition) is 4. The van der Waals surface area contributed by atoms with E-state index in [-0.39, 0.29) is 17.4 Å². The first-order valence-corrected chi connectivity index (χ1v) is 5.81. The van der Waals surface area contributed by atoms with Gasteiger partial charge in [0.2, 0.25) is 6.54 Å². The Balaban J connectivity index is 0.000000325. The van der Waals surface area contributed by atoms with Crippen LogP contribution in [0.5, 0.6) is 0 Å². The normalized spacial score (nSPS) is 15.9. The highest BCUT2D eigenvalue weighted by molar-refractivity contribution is 5.65. The van der Waals surface area contributed by atoms with Gasteiger partial charge < -0.3 is 4.74 Å². The Morgan fingerprint density at radius 1 is 1.38 bits per heavy atom. The molecule has 0 bridgehead atoms. The molecule has 1 aliphatic carbocycles. The second kappa shape index (κ2) is 9.12. The monoisotopic (exact) mass is 231 g/mol. The van der Waals surface area contributed by atoms with E-state index < -0.39 is 0 Å². The fraction of sp³-hybridized carbons (Fsp3) is 0.909. The third kappa shape index (κ3) is 9.43. The Labute approximate surface area is 96.3 Å². The Morgan fingerprint density at radius 3 is 2.25 bits per heavy atom. The molecule has 1 fully saturated rings. The lowest BCUT2D eigenvalue weighted by Crippen LogP contribution is -2.16. The van der Waals surface area contributed by atoms with Gasteiger partial charge in [-0.25, -0.2) is 0 Å². The predicted molar refractivity (Wildman–Crippen MR) is 60.7 cm³/mol. The first kappa shape index (κ1) is 14.9. The minimum absolute atomic E-state index is 0.185. The number of carbonyl (C=O) groups is 1. The first-order valence-electron chi connectivity index (χ1n) is 5.81. The second-order valence-electron chi connectivity index (χ2n) is 3.94. The zero-order valence-corrected chi connectivity index (χ0v) is 10.1. The van der Waals surface area contributed by atoms with Crippen molar-refractivity contribution in [3.05, 3.63) is 10.1 Å². The maximum absolute atomic E-state index is 10.1. The summed E-state index contributed by atoms with van der Waals surface area (Å²) in [4.78, 5) is 19.7. The highest BCUT2D eigenvalue weighted by atomic mass is 16.6. The number of ether oxygens (including phenoxy) is 1. The van der Waals surface area contributed by atoms with Gasteiger partial charge in [0.1, 0.15) is 0 Å². The quantitative estimate of drug-likeness (QED) is 0.425. The summed E-state index contributed by atoms with van der Waals surface area (Å²) in [6, 6.07) is 0. The van der Waals surface area contributed by atoms with E-state index in [9.17, 15) is 14.9 Å². The van der Waals surface area contributed by atoms with Crippen molar-refractivity contribution in [3.8, 4) is 0 Å². The van der Waals surface area contributed by atoms with Gasteiger partial charge in [-0.15, -0.1) is 0 Å². The van der Waals surface area contributed by atoms with E-state index in [1.165, 1.54) is 26.2 Å². The van der Waals surface area contributed by atoms with E-state index in [4.69, 9.17) is 0 Å². The molecule has 0 N–H and O–H groups in total. The molecule has 0 aliphatic heterocycles. The van der Waals surface area contributed by atoms with Crippen molar-refractivity contribution in [2.45, 2.75) is 46.0 Å². The van der Waals surface area contributed by atoms with Crippen LogP contribution in [0.3, 0.4) is 0 Å². The summed E-state index contributed by atoms with van der Waals surface area (Å²) in [5.74, 6) is 0.168. The van der Waals surface area contributed by atoms with Crippen molar-refractivity contribution in [2.24, 2.45) is 5.92 Å². The molecule has 0 amide bonds. The van der Waals surface area contributed by atoms with Gasteiger partial charge in [0.05, 0.1) is 6.61 Å². The van der Waals surface area contributed by atoms with Crippen molar-refractivity contribution in [1.82, 2.24) is 0 Å². The number of hydrogen-bond donors (Lipinski definition) is 0. The molecule has 16 heavy (non-hydrogen) atoms. The average molecular weight is 231 g/mol. The van der Waals surface area contributed by atoms with Crippen molar-refractivity contribution in [1.29, 1.82) is 0 Å². The molecule has 94 valence electrons. The lowest BCUT2D eigenvalue weighted by molar-refractivity contribution is -0.489. The number of nitrogens with zero attached hydrogens (tertiary/aromatic N) is 1. The van der Waals surface area contributed by atoms with Crippen LogP contribution in [0.15, 0.2) is 0 Å². The van der Waals surface area contributed by atoms with Crippen LogP contribution in [0, 0.1) is 16.0 Å². The van der Waals surface area contributed by atoms with Crippen molar-refractivity contribution in [2.75, 3.05) is 13.2 Å². The first-order chi connectivity index (χ1) is 7.56. The fourth-order valence-electron chi connectivity index (χ4n) is 1.78. The van der Waals surface area contributed by atoms with Gasteiger partial charge in [0, 0.05) is 17.8 Å². The number of rotatable bonds is 3. The molecule has 1 rings (SSSR count). The summed E-state index contributed by atoms with van der Waals surface area (Å²) in [6.45, 7) is 3.85. The van der Waals surface area contributed by atoms with E-state index in [1.54, 1.807) is 6.92 Å². The molecule has 0 aromatic carbocycles. The van der Waals surface area contributed by atoms with Gasteiger partial charge in [-0.05, 0) is 19.8 Å². The van der Waals surface area contributed by atoms with Gasteiger partial charge in [0.25, 0.3) is 0 Å². The Bertz CT molecular complexity index is 212. The summed E-state index contributed by atoms with van der Waals surface area (Å²) in [7, 11) is 0. The molecule has 0 atom stereocenters. The third-order valence-corrected chi connectivity index (χ3v) is 2.48. The van der Waals surface area contributed by atoms with Crippen LogP contribution in [-0.4, -0.2) is 24.0 Å². The van der Waals surface area contributed by atoms with Gasteiger partial charge in [-0.2, -0.15) is 0 Å². The Hall–Kier alpha value is -1.13. The van der Waals surface area contributed by atoms with E-state index >= 15 is 0 Å². The standard InChI is InChI=1S/C7H13NO2.C4H8O2/c9-8(10)6-7-4-2-1-3-5-7;1-3-6-4(2)5/h7H,1-6H2;3H2,1-2H3. The highest BCUT2D eigenvalue weighted by Gasteiger charge is 2.17. The molecule has 0 aromatic heterocycles. The lowest BCUT2D eigenvalue weighted by Gasteiger charge is -2.16. The molecule has 1 aliphatic rings. The Morgan fingerprint density at radius 2 is 1.94 bits per heavy atom. The third-order valence-electron chi connectivity index (χ3n) is 2.48. The number of nitro groups is 1. The van der Waals surface area contributed by atoms with Crippen molar-refractivity contribution in [3.63, 3.8) is 0 Å². The molecule has 0 aromatic rings. The van der Waals surface area contributed by atoms with Crippen LogP contribution in [0.2, 0.25) is 0 Å². The molecule has 0 heterocycles. The number of esters is 1. The molecule has 0 unspecified atom stereocenters. The van der Waals surface area contributed by atoms with E-state index in [1.807, 2.05) is 0 Å². The van der Waals surface area contributed by atoms with Gasteiger partial charge in [-0.1, -0.05) is 19.3 Å². The molecule has 0 spiro atoms. The smallest absolute Gasteiger partial charge is 0.302 e. The molecular formula is C11H21NO4. The fourth-order valence-corrected chi connectivity index (χ4v) is 1.78. The largest absolute Gasteiger partial charge is 0.466 e. The zero-order valence-electron chi connectivity index (χ0n) is 10.1. The lowest BCUT2D eigenvalue weighted by atomic mass is 9.89. The summed E-state index contributed by atoms with van der Waals surface area (Å²) >= 11 is 0. The SMILES string of the molecule is CCOC(C)=O.O=[N+]([O-])CC1CCCCC1. The van der Waals surface area contributed by atoms with Crippen LogP contribution < -0.4 is 0 Å². The van der Waals surface area contributed by atoms with Crippen LogP contribution in [0.1, 0.15) is 46.0 Å². The van der Waals surface area contributed by atoms with E-state index in [2.05, 4.69) is 4.74 Å². The van der Waals surface area contributed by atoms with E-state index in [0.717, 1.165) is 12.8 Å². The minimum atomic E-state index is -0.211. The second-order valence-corrected chi connectivity index (χ2v) is 3.94. The summed E-state index contributed by atoms with van der Waals surface area (Å²) < 4.78 is 4.40. The topological polar surface area (TPSA) is 69.4 Å². The summed E-state index contributed by atoms with van der Waals surface area (Å²) in [6.07, 6.45) is 5.80. The van der Waals surface area contributed by atoms with Crippen LogP contribution in [0.4, 0.5) is 0 Å². The maximum Gasteiger partial charge on any atom is 0.302 e. The maximum atomic E-state index is 10.1. The summed E-state index contributed by atoms with van der Waals surface area (Å²) in [5, 5.41) is 10.1. The van der Waals surface area contributed by atoms with Gasteiger partial charge in [-0.3, -0.25) is 14.9 Å². The molecule has 0 saturated heterocycles. The van der Waals surface area contributed by atoms with Gasteiger partial charge >= 0.3 is 5.97 Å². The molecule has 5 heteroatoms. The van der Waals surface area contributed by atoms with Crippen LogP contribution >= 0.6 is 0 Å².